The van der Waals surface area contributed by atoms with Gasteiger partial charge in [-0.2, -0.15) is 5.10 Å². The van der Waals surface area contributed by atoms with Crippen LogP contribution in [-0.4, -0.2) is 51.7 Å². The van der Waals surface area contributed by atoms with Crippen molar-refractivity contribution in [2.24, 2.45) is 0 Å². The average Bonchev–Trinajstić information content (AvgIpc) is 3.66. The van der Waals surface area contributed by atoms with Gasteiger partial charge in [-0.3, -0.25) is 9.69 Å². The second-order valence-corrected chi connectivity index (χ2v) is 10.1. The van der Waals surface area contributed by atoms with Gasteiger partial charge >= 0.3 is 0 Å². The van der Waals surface area contributed by atoms with Crippen LogP contribution in [0.1, 0.15) is 27.5 Å². The summed E-state index contributed by atoms with van der Waals surface area (Å²) in [6.45, 7) is 2.97. The standard InChI is InChI=1S/C31H28N4OS/c36-31(27-23-35(26-15-8-3-9-16-26)32-29(27)28-17-10-22-37-28)34-20-18-33(19-21-34)30(24-11-4-1-5-12-24)25-13-6-2-7-14-25/h1-17,22-23,30H,18-21H2. The third-order valence-corrected chi connectivity index (χ3v) is 7.79. The fourth-order valence-electron chi connectivity index (χ4n) is 5.08. The van der Waals surface area contributed by atoms with Gasteiger partial charge in [-0.05, 0) is 34.7 Å². The van der Waals surface area contributed by atoms with E-state index in [4.69, 9.17) is 5.10 Å². The van der Waals surface area contributed by atoms with Gasteiger partial charge in [0.2, 0.25) is 0 Å². The zero-order valence-corrected chi connectivity index (χ0v) is 21.3. The molecule has 0 spiro atoms. The Labute approximate surface area is 221 Å². The molecule has 0 unspecified atom stereocenters. The summed E-state index contributed by atoms with van der Waals surface area (Å²) in [7, 11) is 0. The molecule has 0 bridgehead atoms. The Morgan fingerprint density at radius 2 is 1.32 bits per heavy atom. The first kappa shape index (κ1) is 23.4. The molecule has 5 aromatic rings. The summed E-state index contributed by atoms with van der Waals surface area (Å²) in [6, 6.07) is 35.5. The Kier molecular flexibility index (Phi) is 6.67. The largest absolute Gasteiger partial charge is 0.336 e. The second kappa shape index (κ2) is 10.5. The first-order valence-corrected chi connectivity index (χ1v) is 13.5. The van der Waals surface area contributed by atoms with E-state index >= 15 is 0 Å². The summed E-state index contributed by atoms with van der Waals surface area (Å²) < 4.78 is 1.82. The molecule has 1 amide bonds. The molecular weight excluding hydrogens is 476 g/mol. The molecular formula is C31H28N4OS. The predicted molar refractivity (Wildman–Crippen MR) is 149 cm³/mol. The number of carbonyl (C=O) groups excluding carboxylic acids is 1. The number of nitrogens with zero attached hydrogens (tertiary/aromatic N) is 4. The van der Waals surface area contributed by atoms with E-state index < -0.39 is 0 Å². The molecule has 0 radical (unpaired) electrons. The van der Waals surface area contributed by atoms with Crippen LogP contribution in [0.4, 0.5) is 0 Å². The molecule has 1 aliphatic rings. The molecule has 6 rings (SSSR count). The van der Waals surface area contributed by atoms with Gasteiger partial charge in [0.25, 0.3) is 5.91 Å². The van der Waals surface area contributed by atoms with E-state index in [1.807, 2.05) is 63.6 Å². The molecule has 37 heavy (non-hydrogen) atoms. The van der Waals surface area contributed by atoms with Crippen molar-refractivity contribution in [1.82, 2.24) is 19.6 Å². The number of piperazine rings is 1. The highest BCUT2D eigenvalue weighted by molar-refractivity contribution is 7.13. The summed E-state index contributed by atoms with van der Waals surface area (Å²) in [5.41, 5.74) is 4.90. The third-order valence-electron chi connectivity index (χ3n) is 6.92. The van der Waals surface area contributed by atoms with E-state index in [0.717, 1.165) is 29.3 Å². The number of hydrogen-bond acceptors (Lipinski definition) is 4. The summed E-state index contributed by atoms with van der Waals surface area (Å²) in [5.74, 6) is 0.0428. The van der Waals surface area contributed by atoms with Crippen LogP contribution < -0.4 is 0 Å². The lowest BCUT2D eigenvalue weighted by Gasteiger charge is -2.39. The van der Waals surface area contributed by atoms with Crippen molar-refractivity contribution in [3.8, 4) is 16.3 Å². The van der Waals surface area contributed by atoms with E-state index in [-0.39, 0.29) is 11.9 Å². The highest BCUT2D eigenvalue weighted by Crippen LogP contribution is 2.31. The van der Waals surface area contributed by atoms with E-state index in [0.29, 0.717) is 18.7 Å². The average molecular weight is 505 g/mol. The maximum absolute atomic E-state index is 13.8. The number of amides is 1. The van der Waals surface area contributed by atoms with Gasteiger partial charge in [0.1, 0.15) is 5.69 Å². The Morgan fingerprint density at radius 3 is 1.89 bits per heavy atom. The van der Waals surface area contributed by atoms with Gasteiger partial charge in [0, 0.05) is 32.4 Å². The molecule has 3 aromatic carbocycles. The van der Waals surface area contributed by atoms with Crippen LogP contribution >= 0.6 is 11.3 Å². The van der Waals surface area contributed by atoms with E-state index in [1.165, 1.54) is 11.1 Å². The van der Waals surface area contributed by atoms with Gasteiger partial charge in [0.15, 0.2) is 0 Å². The van der Waals surface area contributed by atoms with Gasteiger partial charge in [0.05, 0.1) is 22.2 Å². The summed E-state index contributed by atoms with van der Waals surface area (Å²) in [6.07, 6.45) is 1.88. The zero-order valence-electron chi connectivity index (χ0n) is 20.5. The molecule has 184 valence electrons. The fourth-order valence-corrected chi connectivity index (χ4v) is 5.80. The van der Waals surface area contributed by atoms with E-state index in [2.05, 4.69) is 65.6 Å². The number of aromatic nitrogens is 2. The highest BCUT2D eigenvalue weighted by atomic mass is 32.1. The molecule has 1 aliphatic heterocycles. The van der Waals surface area contributed by atoms with Crippen LogP contribution in [0, 0.1) is 0 Å². The molecule has 1 fully saturated rings. The maximum Gasteiger partial charge on any atom is 0.257 e. The first-order valence-electron chi connectivity index (χ1n) is 12.6. The number of para-hydroxylation sites is 1. The van der Waals surface area contributed by atoms with Crippen molar-refractivity contribution < 1.29 is 4.79 Å². The smallest absolute Gasteiger partial charge is 0.257 e. The van der Waals surface area contributed by atoms with Gasteiger partial charge in [-0.1, -0.05) is 84.9 Å². The van der Waals surface area contributed by atoms with Gasteiger partial charge in [-0.25, -0.2) is 4.68 Å². The van der Waals surface area contributed by atoms with Crippen LogP contribution in [0.5, 0.6) is 0 Å². The first-order chi connectivity index (χ1) is 18.3. The minimum absolute atomic E-state index is 0.0428. The minimum Gasteiger partial charge on any atom is -0.336 e. The summed E-state index contributed by atoms with van der Waals surface area (Å²) in [5, 5.41) is 6.86. The lowest BCUT2D eigenvalue weighted by atomic mass is 9.96. The molecule has 0 atom stereocenters. The van der Waals surface area contributed by atoms with Crippen molar-refractivity contribution in [3.63, 3.8) is 0 Å². The van der Waals surface area contributed by atoms with Crippen LogP contribution in [0.15, 0.2) is 115 Å². The maximum atomic E-state index is 13.8. The normalized spacial score (nSPS) is 14.2. The lowest BCUT2D eigenvalue weighted by molar-refractivity contribution is 0.0598. The van der Waals surface area contributed by atoms with Crippen molar-refractivity contribution in [2.45, 2.75) is 6.04 Å². The van der Waals surface area contributed by atoms with Crippen molar-refractivity contribution in [3.05, 3.63) is 131 Å². The fraction of sp³-hybridized carbons (Fsp3) is 0.161. The predicted octanol–water partition coefficient (Wildman–Crippen LogP) is 6.15. The Hall–Kier alpha value is -4.00. The quantitative estimate of drug-likeness (QED) is 0.279. The molecule has 0 aliphatic carbocycles. The molecule has 3 heterocycles. The van der Waals surface area contributed by atoms with Crippen molar-refractivity contribution in [2.75, 3.05) is 26.2 Å². The lowest BCUT2D eigenvalue weighted by Crippen LogP contribution is -2.49. The Morgan fingerprint density at radius 1 is 0.730 bits per heavy atom. The number of hydrogen-bond donors (Lipinski definition) is 0. The molecule has 0 saturated carbocycles. The zero-order chi connectivity index (χ0) is 25.0. The summed E-state index contributed by atoms with van der Waals surface area (Å²) >= 11 is 1.61. The topological polar surface area (TPSA) is 41.4 Å². The molecule has 5 nitrogen and oxygen atoms in total. The Balaban J connectivity index is 1.25. The SMILES string of the molecule is O=C(c1cn(-c2ccccc2)nc1-c1cccs1)N1CCN(C(c2ccccc2)c2ccccc2)CC1. The van der Waals surface area contributed by atoms with Gasteiger partial charge < -0.3 is 4.90 Å². The number of carbonyl (C=O) groups is 1. The highest BCUT2D eigenvalue weighted by Gasteiger charge is 2.30. The molecule has 0 N–H and O–H groups in total. The van der Waals surface area contributed by atoms with Crippen LogP contribution in [-0.2, 0) is 0 Å². The van der Waals surface area contributed by atoms with Crippen molar-refractivity contribution >= 4 is 17.2 Å². The third kappa shape index (κ3) is 4.86. The molecule has 1 saturated heterocycles. The Bertz CT molecular complexity index is 1400. The number of benzene rings is 3. The molecule has 2 aromatic heterocycles. The number of thiophene rings is 1. The van der Waals surface area contributed by atoms with Crippen LogP contribution in [0.25, 0.3) is 16.3 Å². The van der Waals surface area contributed by atoms with Crippen LogP contribution in [0.2, 0.25) is 0 Å². The van der Waals surface area contributed by atoms with Gasteiger partial charge in [-0.15, -0.1) is 11.3 Å². The van der Waals surface area contributed by atoms with Crippen molar-refractivity contribution in [1.29, 1.82) is 0 Å². The van der Waals surface area contributed by atoms with E-state index in [1.54, 1.807) is 11.3 Å². The summed E-state index contributed by atoms with van der Waals surface area (Å²) in [4.78, 5) is 19.3. The van der Waals surface area contributed by atoms with E-state index in [9.17, 15) is 4.79 Å². The second-order valence-electron chi connectivity index (χ2n) is 9.20. The molecule has 6 heteroatoms. The monoisotopic (exact) mass is 504 g/mol. The minimum atomic E-state index is 0.0428. The number of rotatable bonds is 6. The van der Waals surface area contributed by atoms with Crippen LogP contribution in [0.3, 0.4) is 0 Å².